The van der Waals surface area contributed by atoms with Crippen molar-refractivity contribution in [1.82, 2.24) is 14.2 Å². The van der Waals surface area contributed by atoms with Crippen molar-refractivity contribution in [3.8, 4) is 6.07 Å². The van der Waals surface area contributed by atoms with Crippen LogP contribution in [0.2, 0.25) is 0 Å². The van der Waals surface area contributed by atoms with Gasteiger partial charge in [-0.2, -0.15) is 9.57 Å². The molecule has 114 valence electrons. The highest BCUT2D eigenvalue weighted by atomic mass is 32.2. The number of aryl methyl sites for hydroxylation is 1. The van der Waals surface area contributed by atoms with Gasteiger partial charge in [-0.15, -0.1) is 0 Å². The lowest BCUT2D eigenvalue weighted by Gasteiger charge is -2.35. The molecular weight excluding hydrogens is 288 g/mol. The van der Waals surface area contributed by atoms with E-state index < -0.39 is 10.0 Å². The maximum absolute atomic E-state index is 12.3. The third kappa shape index (κ3) is 4.24. The van der Waals surface area contributed by atoms with Gasteiger partial charge >= 0.3 is 0 Å². The Morgan fingerprint density at radius 3 is 2.62 bits per heavy atom. The van der Waals surface area contributed by atoms with E-state index in [1.807, 2.05) is 30.0 Å². The lowest BCUT2D eigenvalue weighted by atomic mass is 10.2. The van der Waals surface area contributed by atoms with E-state index in [2.05, 4.69) is 11.1 Å². The second-order valence-corrected chi connectivity index (χ2v) is 7.22. The first kappa shape index (κ1) is 15.9. The minimum absolute atomic E-state index is 0.0812. The average molecular weight is 308 g/mol. The number of rotatable bonds is 5. The number of aromatic nitrogens is 1. The number of pyridine rings is 1. The molecule has 0 N–H and O–H groups in total. The largest absolute Gasteiger partial charge is 0.286 e. The molecule has 0 spiro atoms. The fourth-order valence-corrected chi connectivity index (χ4v) is 3.80. The molecular formula is C14H20N4O2S. The van der Waals surface area contributed by atoms with Crippen LogP contribution >= 0.6 is 0 Å². The van der Waals surface area contributed by atoms with Crippen LogP contribution in [0.1, 0.15) is 12.6 Å². The van der Waals surface area contributed by atoms with Gasteiger partial charge in [-0.1, -0.05) is 6.07 Å². The SMILES string of the molecule is CC(C#N)N1CCN(S(=O)(=O)CCc2ccccn2)CC1. The van der Waals surface area contributed by atoms with Gasteiger partial charge in [-0.25, -0.2) is 8.42 Å². The Morgan fingerprint density at radius 2 is 2.05 bits per heavy atom. The van der Waals surface area contributed by atoms with Gasteiger partial charge in [0.15, 0.2) is 0 Å². The molecule has 1 aliphatic rings. The predicted molar refractivity (Wildman–Crippen MR) is 79.9 cm³/mol. The van der Waals surface area contributed by atoms with Crippen molar-refractivity contribution >= 4 is 10.0 Å². The van der Waals surface area contributed by atoms with Crippen molar-refractivity contribution in [1.29, 1.82) is 5.26 Å². The van der Waals surface area contributed by atoms with Crippen LogP contribution in [-0.4, -0.2) is 60.6 Å². The van der Waals surface area contributed by atoms with Crippen molar-refractivity contribution in [2.75, 3.05) is 31.9 Å². The molecule has 7 heteroatoms. The standard InChI is InChI=1S/C14H20N4O2S/c1-13(12-15)17-7-9-18(10-8-17)21(19,20)11-5-14-4-2-3-6-16-14/h2-4,6,13H,5,7-11H2,1H3. The normalized spacial score (nSPS) is 19.0. The number of nitriles is 1. The highest BCUT2D eigenvalue weighted by molar-refractivity contribution is 7.89. The van der Waals surface area contributed by atoms with Crippen LogP contribution in [0.5, 0.6) is 0 Å². The maximum atomic E-state index is 12.3. The van der Waals surface area contributed by atoms with Crippen molar-refractivity contribution in [2.45, 2.75) is 19.4 Å². The van der Waals surface area contributed by atoms with E-state index in [1.165, 1.54) is 4.31 Å². The third-order valence-corrected chi connectivity index (χ3v) is 5.62. The molecule has 1 aromatic heterocycles. The van der Waals surface area contributed by atoms with Gasteiger partial charge in [0.1, 0.15) is 0 Å². The van der Waals surface area contributed by atoms with Gasteiger partial charge in [0.25, 0.3) is 0 Å². The minimum atomic E-state index is -3.25. The monoisotopic (exact) mass is 308 g/mol. The Morgan fingerprint density at radius 1 is 1.33 bits per heavy atom. The molecule has 1 aromatic rings. The molecule has 6 nitrogen and oxygen atoms in total. The zero-order valence-corrected chi connectivity index (χ0v) is 13.0. The first-order valence-corrected chi connectivity index (χ1v) is 8.65. The lowest BCUT2D eigenvalue weighted by molar-refractivity contribution is 0.169. The molecule has 0 bridgehead atoms. The first-order chi connectivity index (χ1) is 10.0. The zero-order chi connectivity index (χ0) is 15.3. The summed E-state index contributed by atoms with van der Waals surface area (Å²) in [5.41, 5.74) is 0.790. The van der Waals surface area contributed by atoms with Gasteiger partial charge in [0.05, 0.1) is 17.9 Å². The maximum Gasteiger partial charge on any atom is 0.214 e. The first-order valence-electron chi connectivity index (χ1n) is 7.04. The summed E-state index contributed by atoms with van der Waals surface area (Å²) >= 11 is 0. The van der Waals surface area contributed by atoms with E-state index in [9.17, 15) is 8.42 Å². The molecule has 0 aromatic carbocycles. The Bertz CT molecular complexity index is 589. The Balaban J connectivity index is 1.88. The van der Waals surface area contributed by atoms with Gasteiger partial charge in [0, 0.05) is 44.5 Å². The topological polar surface area (TPSA) is 77.3 Å². The summed E-state index contributed by atoms with van der Waals surface area (Å²) in [5.74, 6) is 0.0812. The van der Waals surface area contributed by atoms with Crippen LogP contribution < -0.4 is 0 Å². The molecule has 2 rings (SSSR count). The van der Waals surface area contributed by atoms with E-state index in [-0.39, 0.29) is 11.8 Å². The van der Waals surface area contributed by atoms with Gasteiger partial charge in [-0.3, -0.25) is 9.88 Å². The number of sulfonamides is 1. The summed E-state index contributed by atoms with van der Waals surface area (Å²) < 4.78 is 26.2. The number of nitrogens with zero attached hydrogens (tertiary/aromatic N) is 4. The summed E-state index contributed by atoms with van der Waals surface area (Å²) in [6.45, 7) is 3.97. The summed E-state index contributed by atoms with van der Waals surface area (Å²) in [5, 5.41) is 8.89. The van der Waals surface area contributed by atoms with Crippen LogP contribution in [0.3, 0.4) is 0 Å². The van der Waals surface area contributed by atoms with Crippen LogP contribution in [0.4, 0.5) is 0 Å². The summed E-state index contributed by atoms with van der Waals surface area (Å²) in [6.07, 6.45) is 2.10. The van der Waals surface area contributed by atoms with E-state index in [0.29, 0.717) is 32.6 Å². The molecule has 2 heterocycles. The molecule has 1 saturated heterocycles. The quantitative estimate of drug-likeness (QED) is 0.791. The molecule has 1 atom stereocenters. The molecule has 0 saturated carbocycles. The van der Waals surface area contributed by atoms with E-state index in [1.54, 1.807) is 6.20 Å². The molecule has 0 radical (unpaired) electrons. The lowest BCUT2D eigenvalue weighted by Crippen LogP contribution is -2.51. The fraction of sp³-hybridized carbons (Fsp3) is 0.571. The highest BCUT2D eigenvalue weighted by Gasteiger charge is 2.28. The van der Waals surface area contributed by atoms with E-state index in [4.69, 9.17) is 5.26 Å². The predicted octanol–water partition coefficient (Wildman–Crippen LogP) is 0.484. The van der Waals surface area contributed by atoms with Crippen LogP contribution in [0.15, 0.2) is 24.4 Å². The second-order valence-electron chi connectivity index (χ2n) is 5.13. The molecule has 1 aliphatic heterocycles. The van der Waals surface area contributed by atoms with Crippen LogP contribution in [-0.2, 0) is 16.4 Å². The van der Waals surface area contributed by atoms with Gasteiger partial charge in [0.2, 0.25) is 10.0 Å². The van der Waals surface area contributed by atoms with Gasteiger partial charge in [-0.05, 0) is 19.1 Å². The second kappa shape index (κ2) is 6.98. The molecule has 21 heavy (non-hydrogen) atoms. The highest BCUT2D eigenvalue weighted by Crippen LogP contribution is 2.11. The number of hydrogen-bond acceptors (Lipinski definition) is 5. The molecule has 0 aliphatic carbocycles. The molecule has 1 fully saturated rings. The third-order valence-electron chi connectivity index (χ3n) is 3.74. The Labute approximate surface area is 126 Å². The summed E-state index contributed by atoms with van der Waals surface area (Å²) in [4.78, 5) is 6.15. The van der Waals surface area contributed by atoms with Crippen LogP contribution in [0, 0.1) is 11.3 Å². The smallest absolute Gasteiger partial charge is 0.214 e. The van der Waals surface area contributed by atoms with E-state index >= 15 is 0 Å². The number of hydrogen-bond donors (Lipinski definition) is 0. The molecule has 0 amide bonds. The van der Waals surface area contributed by atoms with Crippen molar-refractivity contribution in [3.05, 3.63) is 30.1 Å². The fourth-order valence-electron chi connectivity index (χ4n) is 2.36. The minimum Gasteiger partial charge on any atom is -0.286 e. The number of piperazine rings is 1. The Kier molecular flexibility index (Phi) is 5.28. The van der Waals surface area contributed by atoms with Crippen molar-refractivity contribution < 1.29 is 8.42 Å². The van der Waals surface area contributed by atoms with Crippen molar-refractivity contribution in [2.24, 2.45) is 0 Å². The van der Waals surface area contributed by atoms with Crippen LogP contribution in [0.25, 0.3) is 0 Å². The zero-order valence-electron chi connectivity index (χ0n) is 12.1. The Hall–Kier alpha value is -1.49. The summed E-state index contributed by atoms with van der Waals surface area (Å²) in [6, 6.07) is 7.53. The van der Waals surface area contributed by atoms with E-state index in [0.717, 1.165) is 5.69 Å². The summed E-state index contributed by atoms with van der Waals surface area (Å²) in [7, 11) is -3.25. The van der Waals surface area contributed by atoms with Gasteiger partial charge < -0.3 is 0 Å². The average Bonchev–Trinajstić information content (AvgIpc) is 2.53. The molecule has 1 unspecified atom stereocenters. The van der Waals surface area contributed by atoms with Crippen molar-refractivity contribution in [3.63, 3.8) is 0 Å².